The number of rotatable bonds is 3. The predicted molar refractivity (Wildman–Crippen MR) is 44.5 cm³/mol. The molecule has 2 rings (SSSR count). The van der Waals surface area contributed by atoms with Gasteiger partial charge in [0.05, 0.1) is 18.3 Å². The molecule has 0 spiro atoms. The summed E-state index contributed by atoms with van der Waals surface area (Å²) in [4.78, 5) is 11.3. The SMILES string of the molecule is NC1(C(=O)NCc2ccno2)CC1. The first-order valence-electron chi connectivity index (χ1n) is 4.17. The Labute approximate surface area is 75.3 Å². The molecular formula is C8H11N3O2. The van der Waals surface area contributed by atoms with Gasteiger partial charge in [0.1, 0.15) is 0 Å². The molecule has 13 heavy (non-hydrogen) atoms. The van der Waals surface area contributed by atoms with Gasteiger partial charge in [-0.25, -0.2) is 0 Å². The van der Waals surface area contributed by atoms with Crippen LogP contribution in [0.1, 0.15) is 18.6 Å². The van der Waals surface area contributed by atoms with Crippen LogP contribution in [0.5, 0.6) is 0 Å². The maximum atomic E-state index is 11.3. The number of amides is 1. The van der Waals surface area contributed by atoms with E-state index < -0.39 is 5.54 Å². The van der Waals surface area contributed by atoms with E-state index in [0.717, 1.165) is 12.8 Å². The number of nitrogens with one attached hydrogen (secondary N) is 1. The Morgan fingerprint density at radius 3 is 3.08 bits per heavy atom. The lowest BCUT2D eigenvalue weighted by Crippen LogP contribution is -2.42. The van der Waals surface area contributed by atoms with Crippen LogP contribution in [0.15, 0.2) is 16.8 Å². The zero-order chi connectivity index (χ0) is 9.31. The molecule has 0 atom stereocenters. The smallest absolute Gasteiger partial charge is 0.240 e. The van der Waals surface area contributed by atoms with E-state index in [9.17, 15) is 4.79 Å². The minimum atomic E-state index is -0.611. The van der Waals surface area contributed by atoms with Gasteiger partial charge in [-0.1, -0.05) is 5.16 Å². The molecule has 1 aromatic heterocycles. The fourth-order valence-corrected chi connectivity index (χ4v) is 1.04. The number of aromatic nitrogens is 1. The van der Waals surface area contributed by atoms with Gasteiger partial charge in [0.25, 0.3) is 0 Å². The molecule has 0 bridgehead atoms. The molecule has 0 aromatic carbocycles. The van der Waals surface area contributed by atoms with Gasteiger partial charge >= 0.3 is 0 Å². The van der Waals surface area contributed by atoms with E-state index in [1.807, 2.05) is 0 Å². The Morgan fingerprint density at radius 1 is 1.77 bits per heavy atom. The summed E-state index contributed by atoms with van der Waals surface area (Å²) in [6.07, 6.45) is 3.08. The van der Waals surface area contributed by atoms with E-state index in [1.165, 1.54) is 6.20 Å². The molecule has 1 saturated carbocycles. The van der Waals surface area contributed by atoms with Gasteiger partial charge in [-0.3, -0.25) is 4.79 Å². The zero-order valence-corrected chi connectivity index (χ0v) is 7.12. The van der Waals surface area contributed by atoms with Crippen molar-refractivity contribution in [2.24, 2.45) is 5.73 Å². The average Bonchev–Trinajstić information content (AvgIpc) is 2.70. The molecule has 1 aromatic rings. The van der Waals surface area contributed by atoms with Crippen LogP contribution in [-0.4, -0.2) is 16.6 Å². The van der Waals surface area contributed by atoms with Crippen LogP contribution in [0, 0.1) is 0 Å². The number of nitrogens with two attached hydrogens (primary N) is 1. The van der Waals surface area contributed by atoms with Gasteiger partial charge in [-0.05, 0) is 12.8 Å². The van der Waals surface area contributed by atoms with Crippen molar-refractivity contribution < 1.29 is 9.32 Å². The lowest BCUT2D eigenvalue weighted by molar-refractivity contribution is -0.123. The van der Waals surface area contributed by atoms with E-state index in [-0.39, 0.29) is 5.91 Å². The number of carbonyl (C=O) groups is 1. The largest absolute Gasteiger partial charge is 0.360 e. The summed E-state index contributed by atoms with van der Waals surface area (Å²) in [6, 6.07) is 1.70. The van der Waals surface area contributed by atoms with Crippen molar-refractivity contribution in [2.45, 2.75) is 24.9 Å². The summed E-state index contributed by atoms with van der Waals surface area (Å²) in [5, 5.41) is 6.21. The van der Waals surface area contributed by atoms with E-state index in [2.05, 4.69) is 10.5 Å². The Kier molecular flexibility index (Phi) is 1.81. The highest BCUT2D eigenvalue weighted by Gasteiger charge is 2.45. The second-order valence-electron chi connectivity index (χ2n) is 3.32. The lowest BCUT2D eigenvalue weighted by Gasteiger charge is -2.07. The quantitative estimate of drug-likeness (QED) is 0.675. The molecule has 1 fully saturated rings. The fourth-order valence-electron chi connectivity index (χ4n) is 1.04. The van der Waals surface area contributed by atoms with E-state index in [0.29, 0.717) is 12.3 Å². The van der Waals surface area contributed by atoms with Gasteiger partial charge in [-0.2, -0.15) is 0 Å². The molecule has 5 nitrogen and oxygen atoms in total. The highest BCUT2D eigenvalue weighted by atomic mass is 16.5. The van der Waals surface area contributed by atoms with Crippen LogP contribution in [-0.2, 0) is 11.3 Å². The Balaban J connectivity index is 1.83. The highest BCUT2D eigenvalue weighted by molar-refractivity contribution is 5.88. The molecule has 0 aliphatic heterocycles. The fraction of sp³-hybridized carbons (Fsp3) is 0.500. The van der Waals surface area contributed by atoms with Crippen LogP contribution >= 0.6 is 0 Å². The Bertz CT molecular complexity index is 303. The van der Waals surface area contributed by atoms with E-state index in [4.69, 9.17) is 10.3 Å². The predicted octanol–water partition coefficient (Wildman–Crippen LogP) is -0.218. The number of hydrogen-bond acceptors (Lipinski definition) is 4. The summed E-state index contributed by atoms with van der Waals surface area (Å²) < 4.78 is 4.81. The monoisotopic (exact) mass is 181 g/mol. The Hall–Kier alpha value is -1.36. The van der Waals surface area contributed by atoms with E-state index >= 15 is 0 Å². The van der Waals surface area contributed by atoms with Crippen molar-refractivity contribution in [1.82, 2.24) is 10.5 Å². The minimum absolute atomic E-state index is 0.107. The van der Waals surface area contributed by atoms with Crippen molar-refractivity contribution in [3.05, 3.63) is 18.0 Å². The first-order chi connectivity index (χ1) is 6.21. The van der Waals surface area contributed by atoms with Crippen LogP contribution in [0.4, 0.5) is 0 Å². The maximum Gasteiger partial charge on any atom is 0.240 e. The minimum Gasteiger partial charge on any atom is -0.360 e. The molecule has 1 aliphatic rings. The van der Waals surface area contributed by atoms with Crippen molar-refractivity contribution in [1.29, 1.82) is 0 Å². The molecular weight excluding hydrogens is 170 g/mol. The second kappa shape index (κ2) is 2.85. The normalized spacial score (nSPS) is 18.2. The lowest BCUT2D eigenvalue weighted by atomic mass is 10.3. The maximum absolute atomic E-state index is 11.3. The Morgan fingerprint density at radius 2 is 2.54 bits per heavy atom. The molecule has 3 N–H and O–H groups in total. The second-order valence-corrected chi connectivity index (χ2v) is 3.32. The van der Waals surface area contributed by atoms with Crippen LogP contribution < -0.4 is 11.1 Å². The molecule has 0 radical (unpaired) electrons. The summed E-state index contributed by atoms with van der Waals surface area (Å²) in [5.41, 5.74) is 5.06. The zero-order valence-electron chi connectivity index (χ0n) is 7.12. The third-order valence-electron chi connectivity index (χ3n) is 2.16. The van der Waals surface area contributed by atoms with Gasteiger partial charge in [-0.15, -0.1) is 0 Å². The first-order valence-corrected chi connectivity index (χ1v) is 4.17. The summed E-state index contributed by atoms with van der Waals surface area (Å²) in [5.74, 6) is 0.529. The van der Waals surface area contributed by atoms with Crippen LogP contribution in [0.25, 0.3) is 0 Å². The van der Waals surface area contributed by atoms with Crippen molar-refractivity contribution in [3.63, 3.8) is 0 Å². The standard InChI is InChI=1S/C8H11N3O2/c9-8(2-3-8)7(12)10-5-6-1-4-11-13-6/h1,4H,2-3,5,9H2,(H,10,12). The topological polar surface area (TPSA) is 81.2 Å². The van der Waals surface area contributed by atoms with Crippen LogP contribution in [0.2, 0.25) is 0 Å². The molecule has 1 heterocycles. The third kappa shape index (κ3) is 1.70. The number of nitrogens with zero attached hydrogens (tertiary/aromatic N) is 1. The van der Waals surface area contributed by atoms with Crippen molar-refractivity contribution >= 4 is 5.91 Å². The van der Waals surface area contributed by atoms with Gasteiger partial charge < -0.3 is 15.6 Å². The van der Waals surface area contributed by atoms with Crippen molar-refractivity contribution in [3.8, 4) is 0 Å². The average molecular weight is 181 g/mol. The molecule has 5 heteroatoms. The summed E-state index contributed by atoms with van der Waals surface area (Å²) >= 11 is 0. The summed E-state index contributed by atoms with van der Waals surface area (Å²) in [7, 11) is 0. The first kappa shape index (κ1) is 8.25. The van der Waals surface area contributed by atoms with Gasteiger partial charge in [0.15, 0.2) is 5.76 Å². The molecule has 1 aliphatic carbocycles. The highest BCUT2D eigenvalue weighted by Crippen LogP contribution is 2.32. The van der Waals surface area contributed by atoms with Gasteiger partial charge in [0, 0.05) is 6.07 Å². The molecule has 0 unspecified atom stereocenters. The summed E-state index contributed by atoms with van der Waals surface area (Å²) in [6.45, 7) is 0.359. The van der Waals surface area contributed by atoms with E-state index in [1.54, 1.807) is 6.07 Å². The molecule has 0 saturated heterocycles. The molecule has 1 amide bonds. The van der Waals surface area contributed by atoms with Crippen molar-refractivity contribution in [2.75, 3.05) is 0 Å². The number of carbonyl (C=O) groups excluding carboxylic acids is 1. The van der Waals surface area contributed by atoms with Gasteiger partial charge in [0.2, 0.25) is 5.91 Å². The third-order valence-corrected chi connectivity index (χ3v) is 2.16. The molecule has 70 valence electrons. The van der Waals surface area contributed by atoms with Crippen LogP contribution in [0.3, 0.4) is 0 Å². The number of hydrogen-bond donors (Lipinski definition) is 2.